The second-order valence-electron chi connectivity index (χ2n) is 7.91. The number of benzene rings is 3. The molecule has 1 heterocycles. The third-order valence-corrected chi connectivity index (χ3v) is 7.53. The predicted molar refractivity (Wildman–Crippen MR) is 127 cm³/mol. The molecule has 3 aromatic rings. The quantitative estimate of drug-likeness (QED) is 0.377. The molecular formula is C24H23N3O6S. The van der Waals surface area contributed by atoms with Crippen LogP contribution in [-0.2, 0) is 23.0 Å². The number of carbonyl (C=O) groups excluding carboxylic acids is 1. The number of para-hydroxylation sites is 1. The van der Waals surface area contributed by atoms with Crippen LogP contribution in [-0.4, -0.2) is 44.9 Å². The fourth-order valence-electron chi connectivity index (χ4n) is 4.02. The molecule has 0 spiro atoms. The highest BCUT2D eigenvalue weighted by atomic mass is 32.2. The number of non-ortho nitro benzene ring substituents is 1. The molecule has 0 unspecified atom stereocenters. The Labute approximate surface area is 197 Å². The average Bonchev–Trinajstić information content (AvgIpc) is 3.28. The molecule has 10 heteroatoms. The molecule has 0 bridgehead atoms. The lowest BCUT2D eigenvalue weighted by Crippen LogP contribution is -2.30. The van der Waals surface area contributed by atoms with E-state index in [2.05, 4.69) is 0 Å². The van der Waals surface area contributed by atoms with Gasteiger partial charge in [0.05, 0.1) is 28.2 Å². The summed E-state index contributed by atoms with van der Waals surface area (Å²) in [6.07, 6.45) is 0.614. The van der Waals surface area contributed by atoms with Crippen molar-refractivity contribution in [1.29, 1.82) is 0 Å². The van der Waals surface area contributed by atoms with Gasteiger partial charge in [-0.25, -0.2) is 8.42 Å². The van der Waals surface area contributed by atoms with Gasteiger partial charge in [-0.1, -0.05) is 30.3 Å². The highest BCUT2D eigenvalue weighted by molar-refractivity contribution is 7.92. The molecule has 3 aromatic carbocycles. The minimum absolute atomic E-state index is 0.0166. The van der Waals surface area contributed by atoms with E-state index in [-0.39, 0.29) is 28.4 Å². The molecule has 0 fully saturated rings. The van der Waals surface area contributed by atoms with Crippen molar-refractivity contribution in [2.24, 2.45) is 0 Å². The van der Waals surface area contributed by atoms with Crippen molar-refractivity contribution >= 4 is 27.3 Å². The van der Waals surface area contributed by atoms with E-state index in [4.69, 9.17) is 4.74 Å². The van der Waals surface area contributed by atoms with Crippen LogP contribution in [0.5, 0.6) is 5.75 Å². The van der Waals surface area contributed by atoms with Crippen molar-refractivity contribution in [3.63, 3.8) is 0 Å². The molecule has 9 nitrogen and oxygen atoms in total. The summed E-state index contributed by atoms with van der Waals surface area (Å²) in [6.45, 7) is 0.420. The maximum atomic E-state index is 13.4. The number of carbonyl (C=O) groups is 1. The van der Waals surface area contributed by atoms with E-state index in [1.165, 1.54) is 46.6 Å². The first-order valence-corrected chi connectivity index (χ1v) is 11.9. The smallest absolute Gasteiger partial charge is 0.269 e. The van der Waals surface area contributed by atoms with Gasteiger partial charge >= 0.3 is 0 Å². The van der Waals surface area contributed by atoms with Crippen LogP contribution in [0.3, 0.4) is 0 Å². The minimum Gasteiger partial charge on any atom is -0.496 e. The number of rotatable bonds is 7. The van der Waals surface area contributed by atoms with Crippen LogP contribution in [0, 0.1) is 10.1 Å². The van der Waals surface area contributed by atoms with E-state index in [9.17, 15) is 23.3 Å². The topological polar surface area (TPSA) is 110 Å². The number of methoxy groups -OCH3 is 1. The summed E-state index contributed by atoms with van der Waals surface area (Å²) in [7, 11) is -0.960. The van der Waals surface area contributed by atoms with E-state index < -0.39 is 20.9 Å². The molecule has 4 rings (SSSR count). The van der Waals surface area contributed by atoms with E-state index in [1.54, 1.807) is 31.3 Å². The van der Waals surface area contributed by atoms with Crippen molar-refractivity contribution < 1.29 is 22.9 Å². The van der Waals surface area contributed by atoms with Crippen LogP contribution in [0.15, 0.2) is 71.6 Å². The molecule has 0 aliphatic carbocycles. The Balaban J connectivity index is 1.64. The Morgan fingerprint density at radius 2 is 1.88 bits per heavy atom. The first kappa shape index (κ1) is 23.2. The molecule has 176 valence electrons. The summed E-state index contributed by atoms with van der Waals surface area (Å²) < 4.78 is 33.5. The van der Waals surface area contributed by atoms with Crippen molar-refractivity contribution in [3.8, 4) is 5.75 Å². The molecule has 1 amide bonds. The first-order valence-electron chi connectivity index (χ1n) is 10.5. The Morgan fingerprint density at radius 3 is 2.62 bits per heavy atom. The zero-order chi connectivity index (χ0) is 24.5. The number of nitro benzene ring substituents is 1. The van der Waals surface area contributed by atoms with Crippen molar-refractivity contribution in [2.75, 3.05) is 25.0 Å². The molecule has 0 saturated heterocycles. The SMILES string of the molecule is COc1ccc(S(=O)(=O)N2CCc3ccccc32)cc1C(=O)N(C)Cc1cccc([N+](=O)[O-])c1. The van der Waals surface area contributed by atoms with Crippen molar-refractivity contribution in [2.45, 2.75) is 17.9 Å². The number of sulfonamides is 1. The summed E-state index contributed by atoms with van der Waals surface area (Å²) >= 11 is 0. The number of amides is 1. The largest absolute Gasteiger partial charge is 0.496 e. The number of hydrogen-bond donors (Lipinski definition) is 0. The normalized spacial score (nSPS) is 12.8. The number of hydrogen-bond acceptors (Lipinski definition) is 6. The van der Waals surface area contributed by atoms with Gasteiger partial charge in [0, 0.05) is 32.3 Å². The van der Waals surface area contributed by atoms with Gasteiger partial charge in [0.2, 0.25) is 0 Å². The zero-order valence-electron chi connectivity index (χ0n) is 18.7. The predicted octanol–water partition coefficient (Wildman–Crippen LogP) is 3.63. The van der Waals surface area contributed by atoms with Crippen LogP contribution in [0.4, 0.5) is 11.4 Å². The van der Waals surface area contributed by atoms with Crippen LogP contribution in [0.1, 0.15) is 21.5 Å². The number of nitrogens with zero attached hydrogens (tertiary/aromatic N) is 3. The Morgan fingerprint density at radius 1 is 1.12 bits per heavy atom. The molecule has 0 aromatic heterocycles. The van der Waals surface area contributed by atoms with Gasteiger partial charge in [0.15, 0.2) is 0 Å². The van der Waals surface area contributed by atoms with Crippen LogP contribution in [0.2, 0.25) is 0 Å². The standard InChI is InChI=1S/C24H23N3O6S/c1-25(16-17-6-5-8-19(14-17)27(29)30)24(28)21-15-20(10-11-23(21)33-2)34(31,32)26-13-12-18-7-3-4-9-22(18)26/h3-11,14-15H,12-13,16H2,1-2H3. The molecule has 1 aliphatic rings. The lowest BCUT2D eigenvalue weighted by atomic mass is 10.1. The molecular weight excluding hydrogens is 458 g/mol. The number of fused-ring (bicyclic) bond motifs is 1. The lowest BCUT2D eigenvalue weighted by molar-refractivity contribution is -0.384. The van der Waals surface area contributed by atoms with Crippen LogP contribution in [0.25, 0.3) is 0 Å². The van der Waals surface area contributed by atoms with Gasteiger partial charge in [-0.2, -0.15) is 0 Å². The molecule has 34 heavy (non-hydrogen) atoms. The number of anilines is 1. The Hall–Kier alpha value is -3.92. The van der Waals surface area contributed by atoms with Gasteiger partial charge in [-0.05, 0) is 41.8 Å². The average molecular weight is 482 g/mol. The van der Waals surface area contributed by atoms with E-state index in [0.29, 0.717) is 24.2 Å². The third-order valence-electron chi connectivity index (χ3n) is 5.72. The zero-order valence-corrected chi connectivity index (χ0v) is 19.5. The molecule has 0 atom stereocenters. The number of ether oxygens (including phenoxy) is 1. The number of nitro groups is 1. The third kappa shape index (κ3) is 4.32. The highest BCUT2D eigenvalue weighted by Gasteiger charge is 2.32. The summed E-state index contributed by atoms with van der Waals surface area (Å²) in [5.41, 5.74) is 2.17. The molecule has 0 saturated carbocycles. The van der Waals surface area contributed by atoms with Gasteiger partial charge < -0.3 is 9.64 Å². The summed E-state index contributed by atoms with van der Waals surface area (Å²) in [6, 6.07) is 17.5. The van der Waals surface area contributed by atoms with Gasteiger partial charge in [0.1, 0.15) is 5.75 Å². The van der Waals surface area contributed by atoms with Crippen LogP contribution < -0.4 is 9.04 Å². The monoisotopic (exact) mass is 481 g/mol. The second kappa shape index (κ2) is 9.14. The molecule has 0 radical (unpaired) electrons. The summed E-state index contributed by atoms with van der Waals surface area (Å²) in [4.78, 5) is 25.1. The molecule has 0 N–H and O–H groups in total. The van der Waals surface area contributed by atoms with Crippen molar-refractivity contribution in [3.05, 3.63) is 93.5 Å². The van der Waals surface area contributed by atoms with Gasteiger partial charge in [-0.3, -0.25) is 19.2 Å². The fourth-order valence-corrected chi connectivity index (χ4v) is 5.55. The summed E-state index contributed by atoms with van der Waals surface area (Å²) in [5, 5.41) is 11.0. The van der Waals surface area contributed by atoms with E-state index in [0.717, 1.165) is 5.56 Å². The Kier molecular flexibility index (Phi) is 6.25. The minimum atomic E-state index is -3.90. The van der Waals surface area contributed by atoms with Gasteiger partial charge in [0.25, 0.3) is 21.6 Å². The second-order valence-corrected chi connectivity index (χ2v) is 9.77. The van der Waals surface area contributed by atoms with Crippen molar-refractivity contribution in [1.82, 2.24) is 4.90 Å². The van der Waals surface area contributed by atoms with Gasteiger partial charge in [-0.15, -0.1) is 0 Å². The summed E-state index contributed by atoms with van der Waals surface area (Å²) in [5.74, 6) is -0.237. The fraction of sp³-hybridized carbons (Fsp3) is 0.208. The maximum absolute atomic E-state index is 13.4. The maximum Gasteiger partial charge on any atom is 0.269 e. The van der Waals surface area contributed by atoms with Crippen LogP contribution >= 0.6 is 0 Å². The Bertz CT molecular complexity index is 1370. The highest BCUT2D eigenvalue weighted by Crippen LogP contribution is 2.34. The van der Waals surface area contributed by atoms with E-state index in [1.807, 2.05) is 12.1 Å². The van der Waals surface area contributed by atoms with E-state index >= 15 is 0 Å². The molecule has 1 aliphatic heterocycles. The lowest BCUT2D eigenvalue weighted by Gasteiger charge is -2.22. The first-order chi connectivity index (χ1) is 16.2.